The predicted octanol–water partition coefficient (Wildman–Crippen LogP) is 1.04. The van der Waals surface area contributed by atoms with Crippen LogP contribution in [0.5, 0.6) is 0 Å². The third kappa shape index (κ3) is 2.82. The minimum atomic E-state index is -0.229. The van der Waals surface area contributed by atoms with Gasteiger partial charge in [-0.2, -0.15) is 0 Å². The van der Waals surface area contributed by atoms with E-state index in [0.717, 1.165) is 18.9 Å². The average Bonchev–Trinajstić information content (AvgIpc) is 2.40. The van der Waals surface area contributed by atoms with Crippen molar-refractivity contribution in [1.82, 2.24) is 4.98 Å². The molecule has 0 unspecified atom stereocenters. The molecule has 1 aliphatic rings. The molecule has 0 radical (unpaired) electrons. The van der Waals surface area contributed by atoms with Gasteiger partial charge in [-0.25, -0.2) is 4.98 Å². The zero-order valence-corrected chi connectivity index (χ0v) is 9.56. The number of aromatic nitrogens is 1. The van der Waals surface area contributed by atoms with Crippen LogP contribution in [0.1, 0.15) is 0 Å². The fourth-order valence-electron chi connectivity index (χ4n) is 1.71. The smallest absolute Gasteiger partial charge is 0.247 e. The third-order valence-corrected chi connectivity index (χ3v) is 2.54. The summed E-state index contributed by atoms with van der Waals surface area (Å²) in [5.41, 5.74) is 0.708. The molecule has 0 aromatic carbocycles. The lowest BCUT2D eigenvalue weighted by molar-refractivity contribution is -0.111. The SMILES string of the molecule is C=CC(=O)Nc1cccnc1N1CCOCC1. The molecule has 5 heteroatoms. The molecule has 90 valence electrons. The highest BCUT2D eigenvalue weighted by Crippen LogP contribution is 2.23. The largest absolute Gasteiger partial charge is 0.378 e. The summed E-state index contributed by atoms with van der Waals surface area (Å²) in [6.07, 6.45) is 2.96. The molecule has 1 saturated heterocycles. The van der Waals surface area contributed by atoms with Crippen LogP contribution >= 0.6 is 0 Å². The predicted molar refractivity (Wildman–Crippen MR) is 66.1 cm³/mol. The van der Waals surface area contributed by atoms with Crippen molar-refractivity contribution in [1.29, 1.82) is 0 Å². The van der Waals surface area contributed by atoms with Crippen LogP contribution < -0.4 is 10.2 Å². The Morgan fingerprint density at radius 2 is 2.29 bits per heavy atom. The Morgan fingerprint density at radius 3 is 3.00 bits per heavy atom. The molecule has 1 aliphatic heterocycles. The monoisotopic (exact) mass is 233 g/mol. The van der Waals surface area contributed by atoms with Gasteiger partial charge in [0.25, 0.3) is 0 Å². The Bertz CT molecular complexity index is 414. The zero-order chi connectivity index (χ0) is 12.1. The molecule has 2 rings (SSSR count). The molecule has 0 aliphatic carbocycles. The lowest BCUT2D eigenvalue weighted by Gasteiger charge is -2.29. The lowest BCUT2D eigenvalue weighted by atomic mass is 10.3. The molecule has 1 N–H and O–H groups in total. The number of amides is 1. The van der Waals surface area contributed by atoms with Crippen LogP contribution in [-0.4, -0.2) is 37.2 Å². The van der Waals surface area contributed by atoms with Gasteiger partial charge in [0.05, 0.1) is 18.9 Å². The number of carbonyl (C=O) groups is 1. The number of morpholine rings is 1. The number of nitrogens with zero attached hydrogens (tertiary/aromatic N) is 2. The van der Waals surface area contributed by atoms with Gasteiger partial charge < -0.3 is 15.0 Å². The molecule has 0 atom stereocenters. The quantitative estimate of drug-likeness (QED) is 0.793. The Hall–Kier alpha value is -1.88. The first-order chi connectivity index (χ1) is 8.31. The summed E-state index contributed by atoms with van der Waals surface area (Å²) < 4.78 is 5.29. The second-order valence-corrected chi connectivity index (χ2v) is 3.67. The van der Waals surface area contributed by atoms with Crippen molar-refractivity contribution in [3.05, 3.63) is 31.0 Å². The molecule has 1 fully saturated rings. The van der Waals surface area contributed by atoms with E-state index in [1.807, 2.05) is 6.07 Å². The van der Waals surface area contributed by atoms with E-state index in [9.17, 15) is 4.79 Å². The maximum absolute atomic E-state index is 11.3. The van der Waals surface area contributed by atoms with Gasteiger partial charge in [0, 0.05) is 19.3 Å². The summed E-state index contributed by atoms with van der Waals surface area (Å²) in [5.74, 6) is 0.554. The van der Waals surface area contributed by atoms with Gasteiger partial charge in [0.2, 0.25) is 5.91 Å². The van der Waals surface area contributed by atoms with Crippen molar-refractivity contribution in [2.24, 2.45) is 0 Å². The Morgan fingerprint density at radius 1 is 1.53 bits per heavy atom. The van der Waals surface area contributed by atoms with Crippen LogP contribution in [0.4, 0.5) is 11.5 Å². The second-order valence-electron chi connectivity index (χ2n) is 3.67. The van der Waals surface area contributed by atoms with Crippen LogP contribution in [0, 0.1) is 0 Å². The van der Waals surface area contributed by atoms with E-state index in [1.54, 1.807) is 12.3 Å². The van der Waals surface area contributed by atoms with Gasteiger partial charge in [-0.1, -0.05) is 6.58 Å². The molecule has 1 aromatic heterocycles. The summed E-state index contributed by atoms with van der Waals surface area (Å²) in [5, 5.41) is 2.76. The van der Waals surface area contributed by atoms with Crippen molar-refractivity contribution in [2.45, 2.75) is 0 Å². The fraction of sp³-hybridized carbons (Fsp3) is 0.333. The van der Waals surface area contributed by atoms with Crippen molar-refractivity contribution < 1.29 is 9.53 Å². The molecule has 2 heterocycles. The zero-order valence-electron chi connectivity index (χ0n) is 9.56. The van der Waals surface area contributed by atoms with Crippen molar-refractivity contribution in [2.75, 3.05) is 36.5 Å². The van der Waals surface area contributed by atoms with E-state index in [-0.39, 0.29) is 5.91 Å². The molecular weight excluding hydrogens is 218 g/mol. The minimum absolute atomic E-state index is 0.229. The molecule has 0 bridgehead atoms. The molecule has 1 aromatic rings. The molecule has 0 saturated carbocycles. The van der Waals surface area contributed by atoms with Crippen molar-refractivity contribution in [3.8, 4) is 0 Å². The lowest BCUT2D eigenvalue weighted by Crippen LogP contribution is -2.37. The minimum Gasteiger partial charge on any atom is -0.378 e. The maximum atomic E-state index is 11.3. The highest BCUT2D eigenvalue weighted by Gasteiger charge is 2.16. The molecular formula is C12H15N3O2. The van der Waals surface area contributed by atoms with Crippen LogP contribution in [0.25, 0.3) is 0 Å². The molecule has 5 nitrogen and oxygen atoms in total. The standard InChI is InChI=1S/C12H15N3O2/c1-2-11(16)14-10-4-3-5-13-12(10)15-6-8-17-9-7-15/h2-5H,1,6-9H2,(H,14,16). The number of ether oxygens (including phenoxy) is 1. The van der Waals surface area contributed by atoms with Crippen LogP contribution in [0.3, 0.4) is 0 Å². The number of hydrogen-bond acceptors (Lipinski definition) is 4. The maximum Gasteiger partial charge on any atom is 0.247 e. The highest BCUT2D eigenvalue weighted by atomic mass is 16.5. The van der Waals surface area contributed by atoms with E-state index in [1.165, 1.54) is 6.08 Å². The number of anilines is 2. The Balaban J connectivity index is 2.19. The Kier molecular flexibility index (Phi) is 3.72. The van der Waals surface area contributed by atoms with Gasteiger partial charge in [0.1, 0.15) is 0 Å². The number of hydrogen-bond donors (Lipinski definition) is 1. The number of carbonyl (C=O) groups excluding carboxylic acids is 1. The van der Waals surface area contributed by atoms with E-state index in [2.05, 4.69) is 21.8 Å². The van der Waals surface area contributed by atoms with E-state index in [0.29, 0.717) is 18.9 Å². The van der Waals surface area contributed by atoms with E-state index in [4.69, 9.17) is 4.74 Å². The van der Waals surface area contributed by atoms with E-state index < -0.39 is 0 Å². The highest BCUT2D eigenvalue weighted by molar-refractivity contribution is 6.00. The van der Waals surface area contributed by atoms with E-state index >= 15 is 0 Å². The van der Waals surface area contributed by atoms with Crippen molar-refractivity contribution in [3.63, 3.8) is 0 Å². The molecule has 17 heavy (non-hydrogen) atoms. The summed E-state index contributed by atoms with van der Waals surface area (Å²) in [4.78, 5) is 17.7. The van der Waals surface area contributed by atoms with Gasteiger partial charge >= 0.3 is 0 Å². The normalized spacial score (nSPS) is 15.4. The van der Waals surface area contributed by atoms with Crippen LogP contribution in [0.2, 0.25) is 0 Å². The van der Waals surface area contributed by atoms with Crippen LogP contribution in [0.15, 0.2) is 31.0 Å². The summed E-state index contributed by atoms with van der Waals surface area (Å²) in [6.45, 7) is 6.38. The molecule has 1 amide bonds. The van der Waals surface area contributed by atoms with Crippen molar-refractivity contribution >= 4 is 17.4 Å². The fourth-order valence-corrected chi connectivity index (χ4v) is 1.71. The van der Waals surface area contributed by atoms with Gasteiger partial charge in [-0.05, 0) is 18.2 Å². The Labute approximate surface area is 100 Å². The first-order valence-electron chi connectivity index (χ1n) is 5.52. The van der Waals surface area contributed by atoms with Gasteiger partial charge in [-0.3, -0.25) is 4.79 Å². The summed E-state index contributed by atoms with van der Waals surface area (Å²) in [7, 11) is 0. The van der Waals surface area contributed by atoms with Gasteiger partial charge in [0.15, 0.2) is 5.82 Å². The molecule has 0 spiro atoms. The summed E-state index contributed by atoms with van der Waals surface area (Å²) in [6, 6.07) is 3.63. The first-order valence-corrected chi connectivity index (χ1v) is 5.52. The topological polar surface area (TPSA) is 54.5 Å². The summed E-state index contributed by atoms with van der Waals surface area (Å²) >= 11 is 0. The van der Waals surface area contributed by atoms with Gasteiger partial charge in [-0.15, -0.1) is 0 Å². The third-order valence-electron chi connectivity index (χ3n) is 2.54. The average molecular weight is 233 g/mol. The number of nitrogens with one attached hydrogen (secondary N) is 1. The number of pyridine rings is 1. The second kappa shape index (κ2) is 5.45. The van der Waals surface area contributed by atoms with Crippen LogP contribution in [-0.2, 0) is 9.53 Å². The first kappa shape index (κ1) is 11.6. The number of rotatable bonds is 3.